The first-order chi connectivity index (χ1) is 8.79. The highest BCUT2D eigenvalue weighted by atomic mass is 16.5. The van der Waals surface area contributed by atoms with E-state index in [2.05, 4.69) is 5.32 Å². The number of hydrogen-bond acceptors (Lipinski definition) is 4. The molecule has 0 atom stereocenters. The zero-order chi connectivity index (χ0) is 13.2. The van der Waals surface area contributed by atoms with Gasteiger partial charge in [-0.25, -0.2) is 0 Å². The van der Waals surface area contributed by atoms with Crippen molar-refractivity contribution in [3.8, 4) is 11.5 Å². The van der Waals surface area contributed by atoms with E-state index in [1.54, 1.807) is 6.07 Å². The van der Waals surface area contributed by atoms with E-state index in [4.69, 9.17) is 9.84 Å². The Bertz CT molecular complexity index is 342. The molecule has 0 spiro atoms. The fourth-order valence-electron chi connectivity index (χ4n) is 1.74. The summed E-state index contributed by atoms with van der Waals surface area (Å²) in [5.41, 5.74) is 0.850. The monoisotopic (exact) mass is 253 g/mol. The Hall–Kier alpha value is -1.26. The molecule has 102 valence electrons. The lowest BCUT2D eigenvalue weighted by Gasteiger charge is -2.10. The maximum absolute atomic E-state index is 9.96. The van der Waals surface area contributed by atoms with Gasteiger partial charge in [0.1, 0.15) is 0 Å². The zero-order valence-electron chi connectivity index (χ0n) is 11.0. The number of aromatic hydroxyl groups is 1. The quantitative estimate of drug-likeness (QED) is 0.589. The number of unbranched alkanes of at least 4 members (excludes halogenated alkanes) is 2. The van der Waals surface area contributed by atoms with Crippen molar-refractivity contribution >= 4 is 0 Å². The van der Waals surface area contributed by atoms with E-state index in [1.807, 2.05) is 19.1 Å². The smallest absolute Gasteiger partial charge is 0.162 e. The number of rotatable bonds is 9. The molecule has 0 amide bonds. The Kier molecular flexibility index (Phi) is 7.22. The van der Waals surface area contributed by atoms with Gasteiger partial charge in [0.25, 0.3) is 0 Å². The minimum Gasteiger partial charge on any atom is -0.504 e. The summed E-state index contributed by atoms with van der Waals surface area (Å²) in [6, 6.07) is 5.54. The van der Waals surface area contributed by atoms with E-state index in [1.165, 1.54) is 0 Å². The zero-order valence-corrected chi connectivity index (χ0v) is 11.0. The molecule has 0 aliphatic rings. The molecule has 0 heterocycles. The predicted molar refractivity (Wildman–Crippen MR) is 71.9 cm³/mol. The fraction of sp³-hybridized carbons (Fsp3) is 0.571. The van der Waals surface area contributed by atoms with E-state index in [9.17, 15) is 5.11 Å². The summed E-state index contributed by atoms with van der Waals surface area (Å²) in [6.45, 7) is 4.22. The third-order valence-electron chi connectivity index (χ3n) is 2.71. The first-order valence-electron chi connectivity index (χ1n) is 6.54. The summed E-state index contributed by atoms with van der Waals surface area (Å²) in [7, 11) is 0. The fourth-order valence-corrected chi connectivity index (χ4v) is 1.74. The molecule has 18 heavy (non-hydrogen) atoms. The van der Waals surface area contributed by atoms with Crippen LogP contribution < -0.4 is 10.1 Å². The van der Waals surface area contributed by atoms with Crippen molar-refractivity contribution < 1.29 is 14.9 Å². The van der Waals surface area contributed by atoms with Gasteiger partial charge in [0.05, 0.1) is 6.61 Å². The summed E-state index contributed by atoms with van der Waals surface area (Å²) >= 11 is 0. The lowest BCUT2D eigenvalue weighted by molar-refractivity contribution is 0.283. The van der Waals surface area contributed by atoms with Gasteiger partial charge in [0, 0.05) is 18.7 Å². The van der Waals surface area contributed by atoms with Gasteiger partial charge in [-0.05, 0) is 38.8 Å². The van der Waals surface area contributed by atoms with Crippen LogP contribution in [0.5, 0.6) is 11.5 Å². The maximum atomic E-state index is 9.96. The summed E-state index contributed by atoms with van der Waals surface area (Å²) in [6.07, 6.45) is 2.91. The predicted octanol–water partition coefficient (Wildman–Crippen LogP) is 2.04. The van der Waals surface area contributed by atoms with E-state index < -0.39 is 0 Å². The molecule has 1 rings (SSSR count). The maximum Gasteiger partial charge on any atom is 0.162 e. The van der Waals surface area contributed by atoms with Crippen LogP contribution in [0.1, 0.15) is 31.7 Å². The third-order valence-corrected chi connectivity index (χ3v) is 2.71. The second kappa shape index (κ2) is 8.78. The molecule has 0 bridgehead atoms. The number of ether oxygens (including phenoxy) is 1. The third kappa shape index (κ3) is 4.94. The SMILES string of the molecule is CCOc1cccc(CNCCCCCO)c1O. The Balaban J connectivity index is 2.35. The van der Waals surface area contributed by atoms with Gasteiger partial charge in [-0.3, -0.25) is 0 Å². The van der Waals surface area contributed by atoms with Crippen LogP contribution in [0.15, 0.2) is 18.2 Å². The summed E-state index contributed by atoms with van der Waals surface area (Å²) < 4.78 is 5.33. The van der Waals surface area contributed by atoms with Gasteiger partial charge >= 0.3 is 0 Å². The standard InChI is InChI=1S/C14H23NO3/c1-2-18-13-8-6-7-12(14(13)17)11-15-9-4-3-5-10-16/h6-8,15-17H,2-5,9-11H2,1H3. The minimum atomic E-state index is 0.224. The molecule has 0 aliphatic heterocycles. The molecule has 0 saturated heterocycles. The molecular formula is C14H23NO3. The Morgan fingerprint density at radius 1 is 1.22 bits per heavy atom. The number of hydrogen-bond donors (Lipinski definition) is 3. The molecule has 4 heteroatoms. The van der Waals surface area contributed by atoms with E-state index >= 15 is 0 Å². The van der Waals surface area contributed by atoms with Crippen molar-refractivity contribution in [1.29, 1.82) is 0 Å². The molecule has 4 nitrogen and oxygen atoms in total. The average molecular weight is 253 g/mol. The summed E-state index contributed by atoms with van der Waals surface area (Å²) in [5.74, 6) is 0.763. The van der Waals surface area contributed by atoms with E-state index in [0.717, 1.165) is 31.4 Å². The van der Waals surface area contributed by atoms with Crippen molar-refractivity contribution in [2.24, 2.45) is 0 Å². The van der Waals surface area contributed by atoms with Crippen LogP contribution in [0, 0.1) is 0 Å². The molecule has 3 N–H and O–H groups in total. The van der Waals surface area contributed by atoms with E-state index in [-0.39, 0.29) is 12.4 Å². The highest BCUT2D eigenvalue weighted by Crippen LogP contribution is 2.29. The molecule has 0 unspecified atom stereocenters. The Labute approximate surface area is 109 Å². The number of aliphatic hydroxyl groups is 1. The van der Waals surface area contributed by atoms with Crippen LogP contribution in [-0.2, 0) is 6.54 Å². The number of para-hydroxylation sites is 1. The van der Waals surface area contributed by atoms with Crippen LogP contribution in [-0.4, -0.2) is 30.0 Å². The minimum absolute atomic E-state index is 0.224. The molecular weight excluding hydrogens is 230 g/mol. The number of phenolic OH excluding ortho intramolecular Hbond substituents is 1. The molecule has 1 aromatic rings. The number of aliphatic hydroxyl groups excluding tert-OH is 1. The first-order valence-corrected chi connectivity index (χ1v) is 6.54. The van der Waals surface area contributed by atoms with Crippen LogP contribution in [0.2, 0.25) is 0 Å². The topological polar surface area (TPSA) is 61.7 Å². The average Bonchev–Trinajstić information content (AvgIpc) is 2.38. The highest BCUT2D eigenvalue weighted by Gasteiger charge is 2.06. The lowest BCUT2D eigenvalue weighted by atomic mass is 10.2. The molecule has 0 fully saturated rings. The van der Waals surface area contributed by atoms with Gasteiger partial charge in [0.2, 0.25) is 0 Å². The highest BCUT2D eigenvalue weighted by molar-refractivity contribution is 5.45. The molecule has 0 aromatic heterocycles. The molecule has 0 saturated carbocycles. The molecule has 0 aliphatic carbocycles. The van der Waals surface area contributed by atoms with Crippen LogP contribution in [0.3, 0.4) is 0 Å². The van der Waals surface area contributed by atoms with Gasteiger partial charge < -0.3 is 20.3 Å². The van der Waals surface area contributed by atoms with Gasteiger partial charge in [0.15, 0.2) is 11.5 Å². The second-order valence-electron chi connectivity index (χ2n) is 4.16. The van der Waals surface area contributed by atoms with Crippen LogP contribution in [0.4, 0.5) is 0 Å². The van der Waals surface area contributed by atoms with Crippen molar-refractivity contribution in [2.75, 3.05) is 19.8 Å². The van der Waals surface area contributed by atoms with Crippen molar-refractivity contribution in [2.45, 2.75) is 32.7 Å². The normalized spacial score (nSPS) is 10.6. The van der Waals surface area contributed by atoms with E-state index in [0.29, 0.717) is 18.9 Å². The van der Waals surface area contributed by atoms with Crippen molar-refractivity contribution in [3.05, 3.63) is 23.8 Å². The van der Waals surface area contributed by atoms with Crippen LogP contribution >= 0.6 is 0 Å². The van der Waals surface area contributed by atoms with Gasteiger partial charge in [-0.2, -0.15) is 0 Å². The van der Waals surface area contributed by atoms with Crippen molar-refractivity contribution in [1.82, 2.24) is 5.32 Å². The summed E-state index contributed by atoms with van der Waals surface area (Å²) in [4.78, 5) is 0. The largest absolute Gasteiger partial charge is 0.504 e. The number of phenols is 1. The lowest BCUT2D eigenvalue weighted by Crippen LogP contribution is -2.15. The first kappa shape index (κ1) is 14.8. The van der Waals surface area contributed by atoms with Crippen molar-refractivity contribution in [3.63, 3.8) is 0 Å². The van der Waals surface area contributed by atoms with Gasteiger partial charge in [-0.15, -0.1) is 0 Å². The number of nitrogens with one attached hydrogen (secondary N) is 1. The summed E-state index contributed by atoms with van der Waals surface area (Å²) in [5, 5.41) is 21.9. The molecule has 0 radical (unpaired) electrons. The van der Waals surface area contributed by atoms with Crippen LogP contribution in [0.25, 0.3) is 0 Å². The second-order valence-corrected chi connectivity index (χ2v) is 4.16. The molecule has 1 aromatic carbocycles. The number of benzene rings is 1. The van der Waals surface area contributed by atoms with Gasteiger partial charge in [-0.1, -0.05) is 12.1 Å². The Morgan fingerprint density at radius 2 is 2.06 bits per heavy atom. The Morgan fingerprint density at radius 3 is 2.78 bits per heavy atom.